The van der Waals surface area contributed by atoms with Crippen molar-refractivity contribution in [3.63, 3.8) is 0 Å². The van der Waals surface area contributed by atoms with Gasteiger partial charge in [-0.25, -0.2) is 10.8 Å². The lowest BCUT2D eigenvalue weighted by Gasteiger charge is -2.06. The lowest BCUT2D eigenvalue weighted by Crippen LogP contribution is -2.13. The third kappa shape index (κ3) is 3.04. The van der Waals surface area contributed by atoms with Gasteiger partial charge in [0.15, 0.2) is 5.82 Å². The predicted octanol–water partition coefficient (Wildman–Crippen LogP) is -0.872. The van der Waals surface area contributed by atoms with E-state index in [1.165, 1.54) is 0 Å². The fourth-order valence-electron chi connectivity index (χ4n) is 1.43. The molecule has 0 aromatic carbocycles. The molecule has 0 saturated carbocycles. The second-order valence-electron chi connectivity index (χ2n) is 3.65. The molecule has 6 N–H and O–H groups in total. The number of hydrogen-bond donors (Lipinski definition) is 4. The highest BCUT2D eigenvalue weighted by molar-refractivity contribution is 5.50. The normalized spacial score (nSPS) is 10.3. The maximum Gasteiger partial charge on any atom is 0.223 e. The van der Waals surface area contributed by atoms with Gasteiger partial charge in [-0.3, -0.25) is 4.68 Å². The number of anilines is 3. The second kappa shape index (κ2) is 5.27. The van der Waals surface area contributed by atoms with Crippen LogP contribution in [0.5, 0.6) is 0 Å². The Morgan fingerprint density at radius 3 is 2.78 bits per heavy atom. The number of nitrogens with two attached hydrogens (primary N) is 2. The molecule has 9 nitrogen and oxygen atoms in total. The van der Waals surface area contributed by atoms with Crippen LogP contribution in [0.3, 0.4) is 0 Å². The summed E-state index contributed by atoms with van der Waals surface area (Å²) in [6, 6.07) is 1.67. The number of aromatic nitrogens is 5. The Morgan fingerprint density at radius 1 is 1.33 bits per heavy atom. The van der Waals surface area contributed by atoms with Crippen LogP contribution in [0.2, 0.25) is 0 Å². The Bertz CT molecular complexity index is 521. The molecule has 0 unspecified atom stereocenters. The van der Waals surface area contributed by atoms with Gasteiger partial charge in [-0.1, -0.05) is 0 Å². The first-order valence-electron chi connectivity index (χ1n) is 5.37. The average molecular weight is 249 g/mol. The molecule has 0 spiro atoms. The third-order valence-electron chi connectivity index (χ3n) is 2.19. The average Bonchev–Trinajstić information content (AvgIpc) is 2.74. The molecule has 0 aliphatic carbocycles. The van der Waals surface area contributed by atoms with E-state index in [-0.39, 0.29) is 5.95 Å². The lowest BCUT2D eigenvalue weighted by molar-refractivity contribution is 0.742. The van der Waals surface area contributed by atoms with Crippen LogP contribution in [-0.4, -0.2) is 31.3 Å². The molecule has 2 heterocycles. The molecule has 2 rings (SSSR count). The van der Waals surface area contributed by atoms with Gasteiger partial charge in [0.25, 0.3) is 0 Å². The summed E-state index contributed by atoms with van der Waals surface area (Å²) in [5.41, 5.74) is 7.96. The second-order valence-corrected chi connectivity index (χ2v) is 3.65. The highest BCUT2D eigenvalue weighted by Crippen LogP contribution is 2.10. The van der Waals surface area contributed by atoms with Crippen molar-refractivity contribution >= 4 is 17.6 Å². The van der Waals surface area contributed by atoms with E-state index < -0.39 is 0 Å². The van der Waals surface area contributed by atoms with Crippen molar-refractivity contribution in [3.05, 3.63) is 18.2 Å². The van der Waals surface area contributed by atoms with Gasteiger partial charge < -0.3 is 16.5 Å². The number of nitrogen functional groups attached to an aromatic ring is 2. The Labute approximate surface area is 104 Å². The van der Waals surface area contributed by atoms with Gasteiger partial charge >= 0.3 is 0 Å². The van der Waals surface area contributed by atoms with Crippen molar-refractivity contribution < 1.29 is 0 Å². The zero-order valence-electron chi connectivity index (χ0n) is 9.96. The number of hydrogen-bond acceptors (Lipinski definition) is 8. The number of nitrogens with zero attached hydrogens (tertiary/aromatic N) is 5. The van der Waals surface area contributed by atoms with Crippen molar-refractivity contribution in [3.8, 4) is 0 Å². The van der Waals surface area contributed by atoms with Gasteiger partial charge in [-0.15, -0.1) is 0 Å². The lowest BCUT2D eigenvalue weighted by atomic mass is 10.4. The Morgan fingerprint density at radius 2 is 2.11 bits per heavy atom. The Kier molecular flexibility index (Phi) is 3.53. The number of rotatable bonds is 5. The molecule has 18 heavy (non-hydrogen) atoms. The van der Waals surface area contributed by atoms with Crippen molar-refractivity contribution in [1.29, 1.82) is 0 Å². The molecular formula is C9H15N9. The van der Waals surface area contributed by atoms with Crippen LogP contribution < -0.4 is 22.3 Å². The molecule has 0 bridgehead atoms. The molecular weight excluding hydrogens is 234 g/mol. The van der Waals surface area contributed by atoms with E-state index in [9.17, 15) is 0 Å². The van der Waals surface area contributed by atoms with Crippen LogP contribution in [-0.2, 0) is 13.5 Å². The standard InChI is InChI=1S/C9H15N9/c1-18-5-13-6(17-18)2-3-12-7-4-8(16-11)15-9(10)14-7/h4-5H,2-3,11H2,1H3,(H4,10,12,14,15,16). The summed E-state index contributed by atoms with van der Waals surface area (Å²) in [7, 11) is 1.83. The molecule has 0 radical (unpaired) electrons. The first-order valence-corrected chi connectivity index (χ1v) is 5.37. The van der Waals surface area contributed by atoms with Crippen molar-refractivity contribution in [2.24, 2.45) is 12.9 Å². The molecule has 2 aromatic rings. The van der Waals surface area contributed by atoms with Crippen LogP contribution in [0.15, 0.2) is 12.4 Å². The van der Waals surface area contributed by atoms with Crippen LogP contribution in [0.25, 0.3) is 0 Å². The maximum absolute atomic E-state index is 5.54. The van der Waals surface area contributed by atoms with Crippen LogP contribution in [0.4, 0.5) is 17.6 Å². The van der Waals surface area contributed by atoms with Gasteiger partial charge in [0.1, 0.15) is 18.0 Å². The number of nitrogens with one attached hydrogen (secondary N) is 2. The quantitative estimate of drug-likeness (QED) is 0.397. The van der Waals surface area contributed by atoms with Crippen molar-refractivity contribution in [1.82, 2.24) is 24.7 Å². The van der Waals surface area contributed by atoms with Gasteiger partial charge in [-0.2, -0.15) is 15.1 Å². The number of hydrazine groups is 1. The molecule has 9 heteroatoms. The van der Waals surface area contributed by atoms with Gasteiger partial charge in [-0.05, 0) is 0 Å². The minimum atomic E-state index is 0.156. The fourth-order valence-corrected chi connectivity index (χ4v) is 1.43. The summed E-state index contributed by atoms with van der Waals surface area (Å²) in [5, 5.41) is 7.27. The molecule has 96 valence electrons. The smallest absolute Gasteiger partial charge is 0.223 e. The molecule has 2 aromatic heterocycles. The summed E-state index contributed by atoms with van der Waals surface area (Å²) in [6.45, 7) is 0.643. The summed E-state index contributed by atoms with van der Waals surface area (Å²) in [6.07, 6.45) is 2.35. The zero-order chi connectivity index (χ0) is 13.0. The summed E-state index contributed by atoms with van der Waals surface area (Å²) in [5.74, 6) is 7.25. The zero-order valence-corrected chi connectivity index (χ0v) is 9.96. The van der Waals surface area contributed by atoms with E-state index in [0.717, 1.165) is 5.82 Å². The molecule has 0 amide bonds. The molecule has 0 atom stereocenters. The van der Waals surface area contributed by atoms with E-state index in [4.69, 9.17) is 11.6 Å². The van der Waals surface area contributed by atoms with Gasteiger partial charge in [0, 0.05) is 26.1 Å². The predicted molar refractivity (Wildman–Crippen MR) is 67.5 cm³/mol. The molecule has 0 aliphatic heterocycles. The highest BCUT2D eigenvalue weighted by atomic mass is 15.3. The SMILES string of the molecule is Cn1cnc(CCNc2cc(NN)nc(N)n2)n1. The summed E-state index contributed by atoms with van der Waals surface area (Å²) < 4.78 is 1.66. The van der Waals surface area contributed by atoms with Gasteiger partial charge in [0.2, 0.25) is 5.95 Å². The Balaban J connectivity index is 1.91. The largest absolute Gasteiger partial charge is 0.369 e. The monoisotopic (exact) mass is 249 g/mol. The van der Waals surface area contributed by atoms with E-state index in [1.807, 2.05) is 7.05 Å². The first-order chi connectivity index (χ1) is 8.67. The molecule has 0 aliphatic rings. The first kappa shape index (κ1) is 12.0. The topological polar surface area (TPSA) is 133 Å². The number of aryl methyl sites for hydroxylation is 1. The van der Waals surface area contributed by atoms with Crippen molar-refractivity contribution in [2.45, 2.75) is 6.42 Å². The molecule has 0 fully saturated rings. The van der Waals surface area contributed by atoms with Crippen LogP contribution in [0.1, 0.15) is 5.82 Å². The van der Waals surface area contributed by atoms with E-state index >= 15 is 0 Å². The third-order valence-corrected chi connectivity index (χ3v) is 2.19. The van der Waals surface area contributed by atoms with E-state index in [1.54, 1.807) is 17.1 Å². The minimum Gasteiger partial charge on any atom is -0.369 e. The van der Waals surface area contributed by atoms with E-state index in [0.29, 0.717) is 24.6 Å². The summed E-state index contributed by atoms with van der Waals surface area (Å²) in [4.78, 5) is 12.0. The maximum atomic E-state index is 5.54. The Hall–Kier alpha value is -2.42. The van der Waals surface area contributed by atoms with E-state index in [2.05, 4.69) is 30.8 Å². The van der Waals surface area contributed by atoms with Crippen LogP contribution in [0, 0.1) is 0 Å². The summed E-state index contributed by atoms with van der Waals surface area (Å²) >= 11 is 0. The molecule has 0 saturated heterocycles. The fraction of sp³-hybridized carbons (Fsp3) is 0.333. The van der Waals surface area contributed by atoms with Gasteiger partial charge in [0.05, 0.1) is 0 Å². The van der Waals surface area contributed by atoms with Crippen LogP contribution >= 0.6 is 0 Å². The minimum absolute atomic E-state index is 0.156. The highest BCUT2D eigenvalue weighted by Gasteiger charge is 2.02. The van der Waals surface area contributed by atoms with Crippen molar-refractivity contribution in [2.75, 3.05) is 23.0 Å².